The van der Waals surface area contributed by atoms with Gasteiger partial charge in [0.05, 0.1) is 16.3 Å². The van der Waals surface area contributed by atoms with Crippen molar-refractivity contribution in [1.29, 1.82) is 0 Å². The van der Waals surface area contributed by atoms with Crippen LogP contribution in [0.4, 0.5) is 11.6 Å². The van der Waals surface area contributed by atoms with Gasteiger partial charge in [0.25, 0.3) is 5.56 Å². The Bertz CT molecular complexity index is 1260. The lowest BCUT2D eigenvalue weighted by Gasteiger charge is -2.11. The molecule has 3 aromatic heterocycles. The van der Waals surface area contributed by atoms with Crippen molar-refractivity contribution in [3.05, 3.63) is 63.8 Å². The lowest BCUT2D eigenvalue weighted by Crippen LogP contribution is -2.27. The zero-order chi connectivity index (χ0) is 20.7. The lowest BCUT2D eigenvalue weighted by atomic mass is 10.1. The summed E-state index contributed by atoms with van der Waals surface area (Å²) in [5, 5.41) is 23.1. The second-order valence-corrected chi connectivity index (χ2v) is 6.86. The molecule has 148 valence electrons. The van der Waals surface area contributed by atoms with Gasteiger partial charge in [0.2, 0.25) is 5.95 Å². The molecule has 4 rings (SSSR count). The van der Waals surface area contributed by atoms with Gasteiger partial charge in [-0.1, -0.05) is 22.4 Å². The molecule has 4 aromatic rings. The monoisotopic (exact) mass is 413 g/mol. The summed E-state index contributed by atoms with van der Waals surface area (Å²) in [6.07, 6.45) is 3.33. The van der Waals surface area contributed by atoms with Gasteiger partial charge in [-0.2, -0.15) is 10.2 Å². The van der Waals surface area contributed by atoms with E-state index in [0.717, 1.165) is 11.4 Å². The molecular formula is C19H16ClN5O4. The normalized spacial score (nSPS) is 11.0. The Morgan fingerprint density at radius 3 is 2.72 bits per heavy atom. The Hall–Kier alpha value is -3.56. The van der Waals surface area contributed by atoms with Crippen LogP contribution in [0.5, 0.6) is 5.75 Å². The van der Waals surface area contributed by atoms with E-state index in [9.17, 15) is 15.2 Å². The lowest BCUT2D eigenvalue weighted by molar-refractivity contribution is -0.241. The Balaban J connectivity index is 1.87. The van der Waals surface area contributed by atoms with E-state index in [-0.39, 0.29) is 33.5 Å². The van der Waals surface area contributed by atoms with Crippen LogP contribution < -0.4 is 15.9 Å². The zero-order valence-electron chi connectivity index (χ0n) is 15.4. The molecule has 0 amide bonds. The number of fused-ring (bicyclic) bond motifs is 1. The predicted molar refractivity (Wildman–Crippen MR) is 109 cm³/mol. The van der Waals surface area contributed by atoms with Crippen LogP contribution in [0.15, 0.2) is 47.5 Å². The van der Waals surface area contributed by atoms with Gasteiger partial charge in [0, 0.05) is 36.1 Å². The van der Waals surface area contributed by atoms with Crippen molar-refractivity contribution >= 4 is 34.3 Å². The highest BCUT2D eigenvalue weighted by Gasteiger charge is 2.19. The molecule has 0 bridgehead atoms. The molecule has 0 saturated carbocycles. The third kappa shape index (κ3) is 3.26. The van der Waals surface area contributed by atoms with E-state index in [4.69, 9.17) is 11.6 Å². The number of aryl methyl sites for hydroxylation is 2. The van der Waals surface area contributed by atoms with E-state index in [0.29, 0.717) is 10.1 Å². The number of aromatic nitrogens is 4. The predicted octanol–water partition coefficient (Wildman–Crippen LogP) is 3.11. The Morgan fingerprint density at radius 1 is 1.28 bits per heavy atom. The third-order valence-corrected chi connectivity index (χ3v) is 4.87. The average Bonchev–Trinajstić information content (AvgIpc) is 2.99. The van der Waals surface area contributed by atoms with Gasteiger partial charge in [-0.15, -0.1) is 0 Å². The number of nitrogens with zero attached hydrogens (tertiary/aromatic N) is 4. The average molecular weight is 414 g/mol. The first-order chi connectivity index (χ1) is 13.9. The van der Waals surface area contributed by atoms with Crippen LogP contribution in [0.2, 0.25) is 5.02 Å². The largest absolute Gasteiger partial charge is 0.507 e. The smallest absolute Gasteiger partial charge is 0.296 e. The molecule has 0 fully saturated rings. The van der Waals surface area contributed by atoms with Crippen LogP contribution in [0, 0.1) is 6.92 Å². The molecule has 0 saturated heterocycles. The molecule has 1 aromatic carbocycles. The molecule has 3 heterocycles. The number of hydrogen-bond acceptors (Lipinski definition) is 7. The number of anilines is 2. The van der Waals surface area contributed by atoms with Crippen molar-refractivity contribution < 1.29 is 15.4 Å². The van der Waals surface area contributed by atoms with Gasteiger partial charge in [-0.25, -0.2) is 9.97 Å². The summed E-state index contributed by atoms with van der Waals surface area (Å²) < 4.78 is 2.54. The van der Waals surface area contributed by atoms with Crippen LogP contribution in [0.1, 0.15) is 5.69 Å². The molecule has 0 aliphatic carbocycles. The molecular weight excluding hydrogens is 398 g/mol. The van der Waals surface area contributed by atoms with Gasteiger partial charge < -0.3 is 15.0 Å². The third-order valence-electron chi connectivity index (χ3n) is 4.56. The molecule has 0 atom stereocenters. The number of phenols is 1. The molecule has 29 heavy (non-hydrogen) atoms. The molecule has 9 nitrogen and oxygen atoms in total. The maximum Gasteiger partial charge on any atom is 0.296 e. The van der Waals surface area contributed by atoms with E-state index < -0.39 is 5.56 Å². The minimum atomic E-state index is -0.747. The number of benzene rings is 1. The first kappa shape index (κ1) is 18.8. The van der Waals surface area contributed by atoms with Crippen LogP contribution in [0.25, 0.3) is 22.2 Å². The quantitative estimate of drug-likeness (QED) is 0.348. The summed E-state index contributed by atoms with van der Waals surface area (Å²) in [5.41, 5.74) is 1.24. The summed E-state index contributed by atoms with van der Waals surface area (Å²) >= 11 is 6.16. The minimum Gasteiger partial charge on any atom is -0.507 e. The Morgan fingerprint density at radius 2 is 2.07 bits per heavy atom. The van der Waals surface area contributed by atoms with Gasteiger partial charge in [-0.3, -0.25) is 4.79 Å². The number of phenolic OH excluding ortho intramolecular Hbond substituents is 1. The molecule has 0 aliphatic heterocycles. The fourth-order valence-corrected chi connectivity index (χ4v) is 3.31. The Labute approximate surface area is 169 Å². The molecule has 0 aliphatic rings. The van der Waals surface area contributed by atoms with Crippen molar-refractivity contribution in [3.63, 3.8) is 0 Å². The second-order valence-electron chi connectivity index (χ2n) is 6.45. The fraction of sp³-hybridized carbons (Fsp3) is 0.105. The van der Waals surface area contributed by atoms with E-state index in [1.54, 1.807) is 6.07 Å². The molecule has 0 radical (unpaired) electrons. The molecule has 0 unspecified atom stereocenters. The fourth-order valence-electron chi connectivity index (χ4n) is 3.04. The van der Waals surface area contributed by atoms with Gasteiger partial charge in [-0.05, 0) is 31.2 Å². The highest BCUT2D eigenvalue weighted by molar-refractivity contribution is 6.33. The summed E-state index contributed by atoms with van der Waals surface area (Å²) in [4.78, 5) is 25.7. The summed E-state index contributed by atoms with van der Waals surface area (Å²) in [5.74, 6) is 0.0266. The molecule has 3 N–H and O–H groups in total. The van der Waals surface area contributed by atoms with E-state index in [1.807, 2.05) is 30.8 Å². The number of nitrogens with one attached hydrogen (secondary N) is 1. The summed E-state index contributed by atoms with van der Waals surface area (Å²) in [7, 11) is 1.91. The van der Waals surface area contributed by atoms with Crippen molar-refractivity contribution in [2.24, 2.45) is 7.05 Å². The van der Waals surface area contributed by atoms with Crippen LogP contribution >= 0.6 is 11.6 Å². The molecule has 10 heteroatoms. The second kappa shape index (κ2) is 7.12. The van der Waals surface area contributed by atoms with Crippen LogP contribution in [-0.2, 0) is 7.05 Å². The van der Waals surface area contributed by atoms with E-state index >= 15 is 0 Å². The van der Waals surface area contributed by atoms with Crippen molar-refractivity contribution in [1.82, 2.24) is 19.3 Å². The zero-order valence-corrected chi connectivity index (χ0v) is 16.2. The van der Waals surface area contributed by atoms with E-state index in [1.165, 1.54) is 24.4 Å². The van der Waals surface area contributed by atoms with Crippen molar-refractivity contribution in [2.75, 3.05) is 5.32 Å². The van der Waals surface area contributed by atoms with Crippen LogP contribution in [-0.4, -0.2) is 29.6 Å². The Kier molecular flexibility index (Phi) is 4.61. The maximum atomic E-state index is 12.9. The van der Waals surface area contributed by atoms with Gasteiger partial charge in [0.1, 0.15) is 5.75 Å². The minimum absolute atomic E-state index is 0.0256. The van der Waals surface area contributed by atoms with E-state index in [2.05, 4.69) is 20.3 Å². The highest BCUT2D eigenvalue weighted by atomic mass is 35.5. The summed E-state index contributed by atoms with van der Waals surface area (Å²) in [6.45, 7) is 1.95. The highest BCUT2D eigenvalue weighted by Crippen LogP contribution is 2.34. The van der Waals surface area contributed by atoms with Crippen LogP contribution in [0.3, 0.4) is 0 Å². The van der Waals surface area contributed by atoms with Crippen molar-refractivity contribution in [3.8, 4) is 16.9 Å². The number of pyridine rings is 1. The maximum absolute atomic E-state index is 12.9. The number of halogens is 1. The number of hydrogen-bond donors (Lipinski definition) is 3. The first-order valence-electron chi connectivity index (χ1n) is 8.51. The van der Waals surface area contributed by atoms with Crippen molar-refractivity contribution in [2.45, 2.75) is 6.92 Å². The summed E-state index contributed by atoms with van der Waals surface area (Å²) in [6, 6.07) is 7.88. The van der Waals surface area contributed by atoms with Gasteiger partial charge in [0.15, 0.2) is 5.65 Å². The SMILES string of the molecule is Cc1cc(Nc2ncc3cc(-c4c(O)cccc4Cl)c(=O)n(OO)c3n2)cn1C. The number of aromatic hydroxyl groups is 1. The first-order valence-corrected chi connectivity index (χ1v) is 8.89. The van der Waals surface area contributed by atoms with Gasteiger partial charge >= 0.3 is 0 Å². The molecule has 0 spiro atoms. The standard InChI is InChI=1S/C19H16ClN5O4/c1-10-6-12(9-24(10)2)22-19-21-8-11-7-13(16-14(20)4-3-5-15(16)26)18(27)25(29-28)17(11)23-19/h3-9,26,28H,1-2H3,(H,21,22,23). The topological polar surface area (TPSA) is 114 Å². The number of rotatable bonds is 4.